The minimum Gasteiger partial charge on any atom is -0.455 e. The Balaban J connectivity index is 1.64. The molecule has 0 aliphatic carbocycles. The van der Waals surface area contributed by atoms with Gasteiger partial charge in [0.15, 0.2) is 0 Å². The van der Waals surface area contributed by atoms with E-state index in [9.17, 15) is 25.0 Å². The van der Waals surface area contributed by atoms with Gasteiger partial charge in [0.1, 0.15) is 11.5 Å². The summed E-state index contributed by atoms with van der Waals surface area (Å²) < 4.78 is 6.10. The second-order valence-corrected chi connectivity index (χ2v) is 6.83. The predicted octanol–water partition coefficient (Wildman–Crippen LogP) is 4.22. The molecule has 3 rings (SSSR count). The molecule has 152 valence electrons. The predicted molar refractivity (Wildman–Crippen MR) is 111 cm³/mol. The number of nitro benzene ring substituents is 2. The molecule has 0 saturated carbocycles. The van der Waals surface area contributed by atoms with E-state index < -0.39 is 15.8 Å². The molecule has 1 heterocycles. The van der Waals surface area contributed by atoms with Crippen molar-refractivity contribution in [3.8, 4) is 11.3 Å². The lowest BCUT2D eigenvalue weighted by molar-refractivity contribution is -0.385. The standard InChI is InChI=1S/C19H13BrN4O6/c20-16-10-13(23(26)27)5-7-15(16)18-8-6-14(30-18)11-21-22-19(25)9-12-3-1-2-4-17(12)24(28)29/h1-8,10-11H,9H2,(H,22,25)/b21-11-. The average Bonchev–Trinajstić information content (AvgIpc) is 3.16. The first-order chi connectivity index (χ1) is 14.3. The maximum absolute atomic E-state index is 12.0. The SMILES string of the molecule is O=C(Cc1ccccc1[N+](=O)[O-])N/N=C\c1ccc(-c2ccc([N+](=O)[O-])cc2Br)o1. The van der Waals surface area contributed by atoms with Crippen LogP contribution in [0, 0.1) is 20.2 Å². The Morgan fingerprint density at radius 2 is 1.87 bits per heavy atom. The fourth-order valence-electron chi connectivity index (χ4n) is 2.60. The van der Waals surface area contributed by atoms with Crippen LogP contribution in [0.1, 0.15) is 11.3 Å². The summed E-state index contributed by atoms with van der Waals surface area (Å²) in [6, 6.07) is 13.5. The molecular formula is C19H13BrN4O6. The first-order valence-electron chi connectivity index (χ1n) is 8.43. The number of nitrogens with zero attached hydrogens (tertiary/aromatic N) is 3. The highest BCUT2D eigenvalue weighted by Crippen LogP contribution is 2.32. The lowest BCUT2D eigenvalue weighted by atomic mass is 10.1. The summed E-state index contributed by atoms with van der Waals surface area (Å²) >= 11 is 3.28. The van der Waals surface area contributed by atoms with Gasteiger partial charge in [-0.05, 0) is 34.1 Å². The summed E-state index contributed by atoms with van der Waals surface area (Å²) in [7, 11) is 0. The van der Waals surface area contributed by atoms with Crippen LogP contribution in [0.25, 0.3) is 11.3 Å². The van der Waals surface area contributed by atoms with E-state index in [1.54, 1.807) is 24.3 Å². The number of para-hydroxylation sites is 1. The van der Waals surface area contributed by atoms with Gasteiger partial charge in [-0.1, -0.05) is 18.2 Å². The lowest BCUT2D eigenvalue weighted by Crippen LogP contribution is -2.20. The zero-order valence-corrected chi connectivity index (χ0v) is 16.7. The van der Waals surface area contributed by atoms with Gasteiger partial charge in [-0.3, -0.25) is 25.0 Å². The van der Waals surface area contributed by atoms with Gasteiger partial charge in [0.2, 0.25) is 5.91 Å². The molecule has 0 bridgehead atoms. The Hall–Kier alpha value is -3.86. The molecule has 10 nitrogen and oxygen atoms in total. The van der Waals surface area contributed by atoms with Crippen molar-refractivity contribution in [2.24, 2.45) is 5.10 Å². The van der Waals surface area contributed by atoms with Gasteiger partial charge in [-0.15, -0.1) is 0 Å². The number of rotatable bonds is 7. The topological polar surface area (TPSA) is 141 Å². The Kier molecular flexibility index (Phi) is 6.32. The fraction of sp³-hybridized carbons (Fsp3) is 0.0526. The van der Waals surface area contributed by atoms with Gasteiger partial charge in [0.05, 0.1) is 22.5 Å². The summed E-state index contributed by atoms with van der Waals surface area (Å²) in [5, 5.41) is 25.6. The molecule has 1 aromatic heterocycles. The van der Waals surface area contributed by atoms with Gasteiger partial charge >= 0.3 is 0 Å². The third kappa shape index (κ3) is 4.94. The van der Waals surface area contributed by atoms with E-state index >= 15 is 0 Å². The van der Waals surface area contributed by atoms with Crippen molar-refractivity contribution in [3.63, 3.8) is 0 Å². The van der Waals surface area contributed by atoms with Crippen molar-refractivity contribution in [3.05, 3.63) is 90.6 Å². The van der Waals surface area contributed by atoms with Gasteiger partial charge in [0, 0.05) is 33.8 Å². The smallest absolute Gasteiger partial charge is 0.273 e. The van der Waals surface area contributed by atoms with Crippen LogP contribution in [0.2, 0.25) is 0 Å². The highest BCUT2D eigenvalue weighted by Gasteiger charge is 2.15. The molecule has 3 aromatic rings. The number of carbonyl (C=O) groups excluding carboxylic acids is 1. The number of nitrogens with one attached hydrogen (secondary N) is 1. The van der Waals surface area contributed by atoms with Gasteiger partial charge < -0.3 is 4.42 Å². The van der Waals surface area contributed by atoms with Crippen LogP contribution in [0.4, 0.5) is 11.4 Å². The van der Waals surface area contributed by atoms with E-state index in [1.165, 1.54) is 36.5 Å². The summed E-state index contributed by atoms with van der Waals surface area (Å²) in [4.78, 5) is 32.8. The number of hydrogen-bond donors (Lipinski definition) is 1. The molecule has 1 amide bonds. The first-order valence-corrected chi connectivity index (χ1v) is 9.23. The Bertz CT molecular complexity index is 1160. The maximum Gasteiger partial charge on any atom is 0.273 e. The summed E-state index contributed by atoms with van der Waals surface area (Å²) in [5.41, 5.74) is 2.98. The van der Waals surface area contributed by atoms with E-state index in [2.05, 4.69) is 26.5 Å². The van der Waals surface area contributed by atoms with Crippen LogP contribution in [0.5, 0.6) is 0 Å². The monoisotopic (exact) mass is 472 g/mol. The molecule has 1 N–H and O–H groups in total. The zero-order valence-electron chi connectivity index (χ0n) is 15.1. The fourth-order valence-corrected chi connectivity index (χ4v) is 3.17. The van der Waals surface area contributed by atoms with Gasteiger partial charge in [0.25, 0.3) is 11.4 Å². The first kappa shape index (κ1) is 20.9. The van der Waals surface area contributed by atoms with E-state index in [4.69, 9.17) is 4.42 Å². The van der Waals surface area contributed by atoms with E-state index in [-0.39, 0.29) is 23.4 Å². The van der Waals surface area contributed by atoms with Crippen molar-refractivity contribution < 1.29 is 19.1 Å². The molecule has 0 aliphatic heterocycles. The third-order valence-corrected chi connectivity index (χ3v) is 4.63. The second kappa shape index (κ2) is 9.09. The van der Waals surface area contributed by atoms with E-state index in [1.807, 2.05) is 0 Å². The maximum atomic E-state index is 12.0. The van der Waals surface area contributed by atoms with Crippen molar-refractivity contribution in [1.29, 1.82) is 0 Å². The molecule has 0 spiro atoms. The number of nitro groups is 2. The molecular weight excluding hydrogens is 460 g/mol. The van der Waals surface area contributed by atoms with Crippen molar-refractivity contribution in [1.82, 2.24) is 5.43 Å². The Morgan fingerprint density at radius 1 is 1.10 bits per heavy atom. The average molecular weight is 473 g/mol. The number of amides is 1. The number of benzene rings is 2. The minimum absolute atomic E-state index is 0.0552. The van der Waals surface area contributed by atoms with E-state index in [0.717, 1.165) is 0 Å². The van der Waals surface area contributed by atoms with Crippen molar-refractivity contribution >= 4 is 39.4 Å². The minimum atomic E-state index is -0.549. The third-order valence-electron chi connectivity index (χ3n) is 3.98. The van der Waals surface area contributed by atoms with Crippen LogP contribution < -0.4 is 5.43 Å². The highest BCUT2D eigenvalue weighted by molar-refractivity contribution is 9.10. The molecule has 30 heavy (non-hydrogen) atoms. The van der Waals surface area contributed by atoms with Crippen LogP contribution in [0.3, 0.4) is 0 Å². The van der Waals surface area contributed by atoms with Gasteiger partial charge in [-0.2, -0.15) is 5.10 Å². The number of non-ortho nitro benzene ring substituents is 1. The quantitative estimate of drug-likeness (QED) is 0.310. The molecule has 0 radical (unpaired) electrons. The molecule has 11 heteroatoms. The molecule has 0 saturated heterocycles. The lowest BCUT2D eigenvalue weighted by Gasteiger charge is -2.02. The van der Waals surface area contributed by atoms with Crippen LogP contribution in [0.15, 0.2) is 68.6 Å². The Labute approximate surface area is 177 Å². The van der Waals surface area contributed by atoms with Crippen molar-refractivity contribution in [2.75, 3.05) is 0 Å². The molecule has 0 aliphatic rings. The van der Waals surface area contributed by atoms with Crippen LogP contribution >= 0.6 is 15.9 Å². The number of hydrogen-bond acceptors (Lipinski definition) is 7. The number of halogens is 1. The van der Waals surface area contributed by atoms with Crippen molar-refractivity contribution in [2.45, 2.75) is 6.42 Å². The summed E-state index contributed by atoms with van der Waals surface area (Å²) in [5.74, 6) is 0.260. The molecule has 0 atom stereocenters. The second-order valence-electron chi connectivity index (χ2n) is 5.98. The Morgan fingerprint density at radius 3 is 2.57 bits per heavy atom. The summed E-state index contributed by atoms with van der Waals surface area (Å²) in [6.07, 6.45) is 1.08. The normalized spacial score (nSPS) is 10.8. The van der Waals surface area contributed by atoms with Gasteiger partial charge in [-0.25, -0.2) is 5.43 Å². The summed E-state index contributed by atoms with van der Waals surface area (Å²) in [6.45, 7) is 0. The largest absolute Gasteiger partial charge is 0.455 e. The highest BCUT2D eigenvalue weighted by atomic mass is 79.9. The zero-order chi connectivity index (χ0) is 21.7. The number of hydrazone groups is 1. The number of carbonyl (C=O) groups is 1. The van der Waals surface area contributed by atoms with Crippen LogP contribution in [-0.4, -0.2) is 22.0 Å². The molecule has 0 fully saturated rings. The molecule has 2 aromatic carbocycles. The molecule has 0 unspecified atom stereocenters. The number of furan rings is 1. The van der Waals surface area contributed by atoms with E-state index in [0.29, 0.717) is 21.6 Å². The van der Waals surface area contributed by atoms with Crippen LogP contribution in [-0.2, 0) is 11.2 Å².